The SMILES string of the molecule is CCOCCN(C)C1(CN)CCS(=O)(=O)C1. The Labute approximate surface area is 97.9 Å². The normalized spacial score (nSPS) is 28.8. The average molecular weight is 250 g/mol. The molecule has 16 heavy (non-hydrogen) atoms. The van der Waals surface area contributed by atoms with E-state index in [0.29, 0.717) is 26.2 Å². The van der Waals surface area contributed by atoms with E-state index in [2.05, 4.69) is 0 Å². The largest absolute Gasteiger partial charge is 0.380 e. The van der Waals surface area contributed by atoms with Crippen molar-refractivity contribution < 1.29 is 13.2 Å². The summed E-state index contributed by atoms with van der Waals surface area (Å²) >= 11 is 0. The molecule has 0 aromatic carbocycles. The monoisotopic (exact) mass is 250 g/mol. The smallest absolute Gasteiger partial charge is 0.152 e. The van der Waals surface area contributed by atoms with Crippen LogP contribution in [-0.4, -0.2) is 63.7 Å². The van der Waals surface area contributed by atoms with Gasteiger partial charge in [0.2, 0.25) is 0 Å². The topological polar surface area (TPSA) is 72.6 Å². The number of likely N-dealkylation sites (N-methyl/N-ethyl adjacent to an activating group) is 1. The van der Waals surface area contributed by atoms with Crippen molar-refractivity contribution in [3.8, 4) is 0 Å². The van der Waals surface area contributed by atoms with Crippen LogP contribution in [0.5, 0.6) is 0 Å². The van der Waals surface area contributed by atoms with Crippen molar-refractivity contribution in [1.82, 2.24) is 4.90 Å². The third-order valence-electron chi connectivity index (χ3n) is 3.33. The predicted octanol–water partition coefficient (Wildman–Crippen LogP) is -0.529. The van der Waals surface area contributed by atoms with Crippen LogP contribution in [0, 0.1) is 0 Å². The molecule has 0 amide bonds. The number of ether oxygens (including phenoxy) is 1. The second-order valence-corrected chi connectivity index (χ2v) is 6.57. The highest BCUT2D eigenvalue weighted by Gasteiger charge is 2.43. The second kappa shape index (κ2) is 5.44. The van der Waals surface area contributed by atoms with E-state index in [1.165, 1.54) is 0 Å². The quantitative estimate of drug-likeness (QED) is 0.642. The summed E-state index contributed by atoms with van der Waals surface area (Å²) in [7, 11) is -0.981. The molecule has 1 fully saturated rings. The summed E-state index contributed by atoms with van der Waals surface area (Å²) in [5.74, 6) is 0.433. The fourth-order valence-electron chi connectivity index (χ4n) is 2.10. The van der Waals surface area contributed by atoms with E-state index in [0.717, 1.165) is 6.54 Å². The first-order valence-electron chi connectivity index (χ1n) is 5.65. The summed E-state index contributed by atoms with van der Waals surface area (Å²) in [6.45, 7) is 4.35. The third kappa shape index (κ3) is 3.16. The zero-order valence-corrected chi connectivity index (χ0v) is 10.9. The van der Waals surface area contributed by atoms with Gasteiger partial charge < -0.3 is 10.5 Å². The Morgan fingerprint density at radius 2 is 2.19 bits per heavy atom. The van der Waals surface area contributed by atoms with Crippen LogP contribution in [0.4, 0.5) is 0 Å². The first-order valence-corrected chi connectivity index (χ1v) is 7.47. The van der Waals surface area contributed by atoms with Crippen LogP contribution in [-0.2, 0) is 14.6 Å². The lowest BCUT2D eigenvalue weighted by atomic mass is 9.97. The summed E-state index contributed by atoms with van der Waals surface area (Å²) in [5, 5.41) is 0. The molecule has 6 heteroatoms. The van der Waals surface area contributed by atoms with Gasteiger partial charge in [-0.25, -0.2) is 8.42 Å². The van der Waals surface area contributed by atoms with E-state index in [-0.39, 0.29) is 17.0 Å². The van der Waals surface area contributed by atoms with Crippen LogP contribution < -0.4 is 5.73 Å². The molecule has 1 rings (SSSR count). The summed E-state index contributed by atoms with van der Waals surface area (Å²) in [4.78, 5) is 2.03. The van der Waals surface area contributed by atoms with E-state index in [9.17, 15) is 8.42 Å². The Hall–Kier alpha value is -0.170. The molecular formula is C10H22N2O3S. The van der Waals surface area contributed by atoms with E-state index in [1.54, 1.807) is 0 Å². The molecule has 1 saturated heterocycles. The van der Waals surface area contributed by atoms with Gasteiger partial charge in [0.25, 0.3) is 0 Å². The zero-order valence-electron chi connectivity index (χ0n) is 10.1. The minimum atomic E-state index is -2.90. The van der Waals surface area contributed by atoms with Crippen molar-refractivity contribution in [1.29, 1.82) is 0 Å². The Morgan fingerprint density at radius 3 is 2.62 bits per heavy atom. The van der Waals surface area contributed by atoms with E-state index in [1.807, 2.05) is 18.9 Å². The Bertz CT molecular complexity index is 318. The highest BCUT2D eigenvalue weighted by atomic mass is 32.2. The van der Waals surface area contributed by atoms with Crippen molar-refractivity contribution >= 4 is 9.84 Å². The summed E-state index contributed by atoms with van der Waals surface area (Å²) in [6, 6.07) is 0. The molecule has 5 nitrogen and oxygen atoms in total. The van der Waals surface area contributed by atoms with Gasteiger partial charge in [-0.1, -0.05) is 0 Å². The van der Waals surface area contributed by atoms with Crippen molar-refractivity contribution in [2.75, 3.05) is 44.9 Å². The summed E-state index contributed by atoms with van der Waals surface area (Å²) in [6.07, 6.45) is 0.633. The lowest BCUT2D eigenvalue weighted by Crippen LogP contribution is -2.54. The molecule has 0 aromatic heterocycles. The van der Waals surface area contributed by atoms with Gasteiger partial charge in [-0.15, -0.1) is 0 Å². The minimum Gasteiger partial charge on any atom is -0.380 e. The first-order chi connectivity index (χ1) is 7.46. The number of hydrogen-bond donors (Lipinski definition) is 1. The van der Waals surface area contributed by atoms with Crippen LogP contribution in [0.3, 0.4) is 0 Å². The molecule has 1 aliphatic rings. The Kier molecular flexibility index (Phi) is 4.73. The van der Waals surface area contributed by atoms with Gasteiger partial charge in [0.1, 0.15) is 0 Å². The fraction of sp³-hybridized carbons (Fsp3) is 1.00. The van der Waals surface area contributed by atoms with E-state index < -0.39 is 9.84 Å². The molecular weight excluding hydrogens is 228 g/mol. The van der Waals surface area contributed by atoms with Crippen molar-refractivity contribution in [3.05, 3.63) is 0 Å². The van der Waals surface area contributed by atoms with Gasteiger partial charge in [0.05, 0.1) is 18.1 Å². The molecule has 96 valence electrons. The maximum Gasteiger partial charge on any atom is 0.152 e. The molecule has 0 saturated carbocycles. The highest BCUT2D eigenvalue weighted by molar-refractivity contribution is 7.91. The van der Waals surface area contributed by atoms with Gasteiger partial charge in [0, 0.05) is 25.2 Å². The number of nitrogens with zero attached hydrogens (tertiary/aromatic N) is 1. The van der Waals surface area contributed by atoms with Crippen LogP contribution in [0.25, 0.3) is 0 Å². The van der Waals surface area contributed by atoms with Gasteiger partial charge in [0.15, 0.2) is 9.84 Å². The lowest BCUT2D eigenvalue weighted by molar-refractivity contribution is 0.0790. The molecule has 1 unspecified atom stereocenters. The van der Waals surface area contributed by atoms with Crippen LogP contribution in [0.2, 0.25) is 0 Å². The number of nitrogens with two attached hydrogens (primary N) is 1. The number of sulfone groups is 1. The lowest BCUT2D eigenvalue weighted by Gasteiger charge is -2.36. The molecule has 1 atom stereocenters. The fourth-order valence-corrected chi connectivity index (χ4v) is 4.24. The summed E-state index contributed by atoms with van der Waals surface area (Å²) < 4.78 is 28.3. The molecule has 0 aliphatic carbocycles. The Morgan fingerprint density at radius 1 is 1.50 bits per heavy atom. The predicted molar refractivity (Wildman–Crippen MR) is 64.2 cm³/mol. The molecule has 0 spiro atoms. The third-order valence-corrected chi connectivity index (χ3v) is 5.14. The van der Waals surface area contributed by atoms with E-state index >= 15 is 0 Å². The molecule has 0 aromatic rings. The maximum absolute atomic E-state index is 11.5. The molecule has 2 N–H and O–H groups in total. The maximum atomic E-state index is 11.5. The molecule has 0 bridgehead atoms. The van der Waals surface area contributed by atoms with Crippen molar-refractivity contribution in [3.63, 3.8) is 0 Å². The number of rotatable bonds is 6. The van der Waals surface area contributed by atoms with Gasteiger partial charge in [-0.2, -0.15) is 0 Å². The average Bonchev–Trinajstić information content (AvgIpc) is 2.56. The standard InChI is InChI=1S/C10H22N2O3S/c1-3-15-6-5-12(2)10(8-11)4-7-16(13,14)9-10/h3-9,11H2,1-2H3. The second-order valence-electron chi connectivity index (χ2n) is 4.39. The van der Waals surface area contributed by atoms with Crippen LogP contribution in [0.1, 0.15) is 13.3 Å². The van der Waals surface area contributed by atoms with Crippen molar-refractivity contribution in [2.45, 2.75) is 18.9 Å². The van der Waals surface area contributed by atoms with Crippen LogP contribution in [0.15, 0.2) is 0 Å². The minimum absolute atomic E-state index is 0.180. The molecule has 0 radical (unpaired) electrons. The van der Waals surface area contributed by atoms with Crippen LogP contribution >= 0.6 is 0 Å². The first kappa shape index (κ1) is 13.9. The number of hydrogen-bond acceptors (Lipinski definition) is 5. The van der Waals surface area contributed by atoms with E-state index in [4.69, 9.17) is 10.5 Å². The van der Waals surface area contributed by atoms with Gasteiger partial charge in [-0.3, -0.25) is 4.90 Å². The molecule has 1 heterocycles. The zero-order chi connectivity index (χ0) is 12.2. The van der Waals surface area contributed by atoms with Gasteiger partial charge >= 0.3 is 0 Å². The van der Waals surface area contributed by atoms with Gasteiger partial charge in [-0.05, 0) is 20.4 Å². The van der Waals surface area contributed by atoms with Crippen molar-refractivity contribution in [2.24, 2.45) is 5.73 Å². The highest BCUT2D eigenvalue weighted by Crippen LogP contribution is 2.27. The molecule has 1 aliphatic heterocycles. The summed E-state index contributed by atoms with van der Waals surface area (Å²) in [5.41, 5.74) is 5.37. The Balaban J connectivity index is 2.60.